The van der Waals surface area contributed by atoms with Gasteiger partial charge in [0.1, 0.15) is 0 Å². The predicted octanol–water partition coefficient (Wildman–Crippen LogP) is 7.06. The van der Waals surface area contributed by atoms with Crippen LogP contribution in [0.5, 0.6) is 0 Å². The van der Waals surface area contributed by atoms with E-state index in [0.717, 1.165) is 24.0 Å². The fraction of sp³-hybridized carbons (Fsp3) is 0.308. The molecule has 160 valence electrons. The summed E-state index contributed by atoms with van der Waals surface area (Å²) in [5, 5.41) is 0. The zero-order chi connectivity index (χ0) is 21.5. The molecule has 2 aliphatic heterocycles. The number of hydrogen-bond donors (Lipinski definition) is 0. The number of hydrogen-bond acceptors (Lipinski definition) is 4. The molecular weight excluding hydrogens is 424 g/mol. The number of thiophene rings is 1. The van der Waals surface area contributed by atoms with E-state index in [0.29, 0.717) is 0 Å². The van der Waals surface area contributed by atoms with E-state index >= 15 is 0 Å². The molecule has 2 atom stereocenters. The van der Waals surface area contributed by atoms with Gasteiger partial charge in [-0.15, -0.1) is 11.3 Å². The highest BCUT2D eigenvalue weighted by molar-refractivity contribution is 7.19. The average Bonchev–Trinajstić information content (AvgIpc) is 3.19. The Hall–Kier alpha value is -2.27. The maximum absolute atomic E-state index is 6.20. The van der Waals surface area contributed by atoms with Gasteiger partial charge in [0.25, 0.3) is 0 Å². The van der Waals surface area contributed by atoms with E-state index < -0.39 is 0 Å². The number of halogens is 1. The van der Waals surface area contributed by atoms with Gasteiger partial charge in [-0.3, -0.25) is 0 Å². The topological polar surface area (TPSA) is 15.7 Å². The van der Waals surface area contributed by atoms with Crippen LogP contribution >= 0.6 is 22.9 Å². The van der Waals surface area contributed by atoms with Gasteiger partial charge in [-0.25, -0.2) is 0 Å². The summed E-state index contributed by atoms with van der Waals surface area (Å²) in [4.78, 5) is 5.99. The molecular formula is C26H27ClN2OS. The maximum Gasteiger partial charge on any atom is 0.0934 e. The molecule has 0 bridgehead atoms. The van der Waals surface area contributed by atoms with Gasteiger partial charge in [0, 0.05) is 42.1 Å². The fourth-order valence-electron chi connectivity index (χ4n) is 4.80. The molecule has 1 fully saturated rings. The molecule has 0 aliphatic carbocycles. The first kappa shape index (κ1) is 20.6. The van der Waals surface area contributed by atoms with Crippen LogP contribution in [0.15, 0.2) is 60.8 Å². The molecule has 31 heavy (non-hydrogen) atoms. The van der Waals surface area contributed by atoms with Crippen molar-refractivity contribution in [1.29, 1.82) is 0 Å². The number of fused-ring (bicyclic) bond motifs is 1. The summed E-state index contributed by atoms with van der Waals surface area (Å²) in [5.74, 6) is 0. The van der Waals surface area contributed by atoms with E-state index in [1.807, 2.05) is 6.07 Å². The van der Waals surface area contributed by atoms with E-state index in [2.05, 4.69) is 85.3 Å². The summed E-state index contributed by atoms with van der Waals surface area (Å²) in [5.41, 5.74) is 7.72. The van der Waals surface area contributed by atoms with Crippen LogP contribution in [-0.4, -0.2) is 25.3 Å². The molecule has 1 aromatic heterocycles. The van der Waals surface area contributed by atoms with Gasteiger partial charge in [-0.05, 0) is 79.4 Å². The number of morpholine rings is 1. The average molecular weight is 451 g/mol. The number of ether oxygens (including phenoxy) is 1. The zero-order valence-corrected chi connectivity index (χ0v) is 19.7. The molecule has 0 radical (unpaired) electrons. The summed E-state index contributed by atoms with van der Waals surface area (Å²) >= 11 is 7.84. The quantitative estimate of drug-likeness (QED) is 0.424. The van der Waals surface area contributed by atoms with Crippen molar-refractivity contribution in [2.45, 2.75) is 39.5 Å². The molecule has 1 saturated heterocycles. The van der Waals surface area contributed by atoms with Crippen LogP contribution in [0.2, 0.25) is 4.34 Å². The lowest BCUT2D eigenvalue weighted by molar-refractivity contribution is -0.00521. The van der Waals surface area contributed by atoms with Crippen molar-refractivity contribution in [3.05, 3.63) is 76.3 Å². The first-order valence-corrected chi connectivity index (χ1v) is 12.0. The van der Waals surface area contributed by atoms with Gasteiger partial charge < -0.3 is 14.5 Å². The zero-order valence-electron chi connectivity index (χ0n) is 18.1. The number of allylic oxidation sites excluding steroid dienone is 1. The highest BCUT2D eigenvalue weighted by atomic mass is 35.5. The lowest BCUT2D eigenvalue weighted by atomic mass is 9.92. The second-order valence-electron chi connectivity index (χ2n) is 8.56. The van der Waals surface area contributed by atoms with Gasteiger partial charge in [0.2, 0.25) is 0 Å². The minimum Gasteiger partial charge on any atom is -0.372 e. The Bertz CT molecular complexity index is 1110. The second kappa shape index (κ2) is 8.34. The Labute approximate surface area is 193 Å². The van der Waals surface area contributed by atoms with Gasteiger partial charge in [-0.2, -0.15) is 0 Å². The van der Waals surface area contributed by atoms with Crippen LogP contribution in [0.1, 0.15) is 31.9 Å². The Morgan fingerprint density at radius 3 is 2.32 bits per heavy atom. The standard InChI is InChI=1S/C26H27ClN2OS/c1-17-13-28(16-20-5-4-6-23(26(17)20)24-11-12-25(27)31-24)21-7-9-22(10-8-21)29-14-18(2)30-19(3)15-29/h4-13,18-19H,14-16H2,1-3H3/t18-,19+. The molecule has 3 heterocycles. The lowest BCUT2D eigenvalue weighted by Crippen LogP contribution is -2.45. The van der Waals surface area contributed by atoms with Crippen molar-refractivity contribution in [2.24, 2.45) is 0 Å². The van der Waals surface area contributed by atoms with Gasteiger partial charge in [-0.1, -0.05) is 29.8 Å². The molecule has 2 aromatic carbocycles. The van der Waals surface area contributed by atoms with Crippen LogP contribution in [0.3, 0.4) is 0 Å². The number of anilines is 2. The first-order chi connectivity index (χ1) is 15.0. The molecule has 5 rings (SSSR count). The Morgan fingerprint density at radius 2 is 1.65 bits per heavy atom. The van der Waals surface area contributed by atoms with Crippen LogP contribution in [0, 0.1) is 0 Å². The monoisotopic (exact) mass is 450 g/mol. The summed E-state index contributed by atoms with van der Waals surface area (Å²) in [6, 6.07) is 19.6. The summed E-state index contributed by atoms with van der Waals surface area (Å²) in [6.07, 6.45) is 2.80. The minimum atomic E-state index is 0.264. The Morgan fingerprint density at radius 1 is 0.935 bits per heavy atom. The Kier molecular flexibility index (Phi) is 5.55. The van der Waals surface area contributed by atoms with E-state index in [1.165, 1.54) is 38.5 Å². The highest BCUT2D eigenvalue weighted by Crippen LogP contribution is 2.40. The molecule has 0 N–H and O–H groups in total. The van der Waals surface area contributed by atoms with Crippen molar-refractivity contribution in [1.82, 2.24) is 0 Å². The fourth-order valence-corrected chi connectivity index (χ4v) is 5.87. The molecule has 2 aliphatic rings. The summed E-state index contributed by atoms with van der Waals surface area (Å²) < 4.78 is 6.71. The smallest absolute Gasteiger partial charge is 0.0934 e. The third-order valence-electron chi connectivity index (χ3n) is 6.04. The molecule has 0 spiro atoms. The van der Waals surface area contributed by atoms with Crippen molar-refractivity contribution in [3.63, 3.8) is 0 Å². The first-order valence-electron chi connectivity index (χ1n) is 10.8. The maximum atomic E-state index is 6.20. The van der Waals surface area contributed by atoms with Crippen molar-refractivity contribution in [2.75, 3.05) is 22.9 Å². The number of benzene rings is 2. The second-order valence-corrected chi connectivity index (χ2v) is 10.3. The molecule has 0 amide bonds. The normalized spacial score (nSPS) is 21.1. The third kappa shape index (κ3) is 4.12. The SMILES string of the molecule is CC1=CN(c2ccc(N3C[C@@H](C)O[C@@H](C)C3)cc2)Cc2cccc(-c3ccc(Cl)s3)c21. The van der Waals surface area contributed by atoms with Crippen molar-refractivity contribution in [3.8, 4) is 10.4 Å². The van der Waals surface area contributed by atoms with E-state index in [4.69, 9.17) is 16.3 Å². The molecule has 3 aromatic rings. The van der Waals surface area contributed by atoms with Gasteiger partial charge >= 0.3 is 0 Å². The largest absolute Gasteiger partial charge is 0.372 e. The molecule has 5 heteroatoms. The highest BCUT2D eigenvalue weighted by Gasteiger charge is 2.23. The summed E-state index contributed by atoms with van der Waals surface area (Å²) in [7, 11) is 0. The van der Waals surface area contributed by atoms with Gasteiger partial charge in [0.05, 0.1) is 16.5 Å². The lowest BCUT2D eigenvalue weighted by Gasteiger charge is -2.37. The van der Waals surface area contributed by atoms with Crippen LogP contribution < -0.4 is 9.80 Å². The summed E-state index contributed by atoms with van der Waals surface area (Å²) in [6.45, 7) is 9.24. The number of rotatable bonds is 3. The molecule has 0 unspecified atom stereocenters. The minimum absolute atomic E-state index is 0.264. The third-order valence-corrected chi connectivity index (χ3v) is 7.30. The van der Waals surface area contributed by atoms with Crippen molar-refractivity contribution < 1.29 is 4.74 Å². The van der Waals surface area contributed by atoms with E-state index in [-0.39, 0.29) is 12.2 Å². The molecule has 3 nitrogen and oxygen atoms in total. The van der Waals surface area contributed by atoms with E-state index in [1.54, 1.807) is 11.3 Å². The van der Waals surface area contributed by atoms with Crippen LogP contribution in [-0.2, 0) is 11.3 Å². The van der Waals surface area contributed by atoms with Crippen LogP contribution in [0.4, 0.5) is 11.4 Å². The van der Waals surface area contributed by atoms with Crippen LogP contribution in [0.25, 0.3) is 16.0 Å². The number of nitrogens with zero attached hydrogens (tertiary/aromatic N) is 2. The van der Waals surface area contributed by atoms with Gasteiger partial charge in [0.15, 0.2) is 0 Å². The van der Waals surface area contributed by atoms with Crippen molar-refractivity contribution >= 4 is 39.9 Å². The van der Waals surface area contributed by atoms with E-state index in [9.17, 15) is 0 Å². The molecule has 0 saturated carbocycles. The Balaban J connectivity index is 1.41. The predicted molar refractivity (Wildman–Crippen MR) is 133 cm³/mol.